The van der Waals surface area contributed by atoms with Gasteiger partial charge in [-0.3, -0.25) is 4.79 Å². The lowest BCUT2D eigenvalue weighted by molar-refractivity contribution is -0.131. The summed E-state index contributed by atoms with van der Waals surface area (Å²) in [5, 5.41) is 0.499. The fraction of sp³-hybridized carbons (Fsp3) is 0.385. The number of benzene rings is 2. The molecule has 0 saturated heterocycles. The molecule has 0 aliphatic heterocycles. The maximum absolute atomic E-state index is 13.3. The van der Waals surface area contributed by atoms with Gasteiger partial charge in [-0.25, -0.2) is 13.4 Å². The quantitative estimate of drug-likeness (QED) is 0.377. The van der Waals surface area contributed by atoms with Gasteiger partial charge in [-0.05, 0) is 43.0 Å². The fourth-order valence-corrected chi connectivity index (χ4v) is 5.76. The van der Waals surface area contributed by atoms with E-state index in [0.717, 1.165) is 5.56 Å². The minimum absolute atomic E-state index is 0.000240. The second kappa shape index (κ2) is 11.2. The molecule has 0 unspecified atom stereocenters. The zero-order chi connectivity index (χ0) is 24.9. The van der Waals surface area contributed by atoms with Crippen molar-refractivity contribution in [3.05, 3.63) is 82.6 Å². The first-order valence-corrected chi connectivity index (χ1v) is 13.4. The lowest BCUT2D eigenvalue weighted by Gasteiger charge is -2.26. The van der Waals surface area contributed by atoms with Crippen LogP contribution in [0.25, 0.3) is 0 Å². The second-order valence-corrected chi connectivity index (χ2v) is 11.5. The molecule has 3 aromatic rings. The van der Waals surface area contributed by atoms with E-state index < -0.39 is 9.84 Å². The number of halogens is 1. The van der Waals surface area contributed by atoms with Crippen molar-refractivity contribution in [2.75, 3.05) is 6.54 Å². The summed E-state index contributed by atoms with van der Waals surface area (Å²) in [4.78, 5) is 19.3. The predicted octanol–water partition coefficient (Wildman–Crippen LogP) is 5.32. The molecule has 1 heterocycles. The molecule has 0 fully saturated rings. The van der Waals surface area contributed by atoms with E-state index in [4.69, 9.17) is 11.6 Å². The lowest BCUT2D eigenvalue weighted by atomic mass is 10.1. The van der Waals surface area contributed by atoms with E-state index in [1.54, 1.807) is 39.9 Å². The first-order valence-electron chi connectivity index (χ1n) is 11.4. The Hall–Kier alpha value is -2.64. The Labute approximate surface area is 207 Å². The third kappa shape index (κ3) is 6.70. The molecule has 0 radical (unpaired) electrons. The van der Waals surface area contributed by atoms with E-state index in [1.807, 2.05) is 44.2 Å². The molecule has 8 heteroatoms. The van der Waals surface area contributed by atoms with Crippen LogP contribution in [0, 0.1) is 5.92 Å². The highest BCUT2D eigenvalue weighted by molar-refractivity contribution is 7.90. The maximum atomic E-state index is 13.3. The van der Waals surface area contributed by atoms with Gasteiger partial charge in [0.2, 0.25) is 20.9 Å². The summed E-state index contributed by atoms with van der Waals surface area (Å²) in [6.07, 6.45) is 1.87. The molecule has 6 nitrogen and oxygen atoms in total. The molecule has 0 saturated carbocycles. The van der Waals surface area contributed by atoms with Crippen LogP contribution in [0.5, 0.6) is 0 Å². The van der Waals surface area contributed by atoms with Crippen molar-refractivity contribution < 1.29 is 13.2 Å². The number of aromatic nitrogens is 2. The monoisotopic (exact) mass is 501 g/mol. The van der Waals surface area contributed by atoms with Crippen molar-refractivity contribution in [2.45, 2.75) is 57.6 Å². The third-order valence-corrected chi connectivity index (χ3v) is 7.18. The van der Waals surface area contributed by atoms with Gasteiger partial charge in [0.1, 0.15) is 0 Å². The number of hydrogen-bond acceptors (Lipinski definition) is 4. The van der Waals surface area contributed by atoms with Gasteiger partial charge < -0.3 is 9.47 Å². The van der Waals surface area contributed by atoms with Gasteiger partial charge in [0, 0.05) is 17.6 Å². The van der Waals surface area contributed by atoms with Gasteiger partial charge >= 0.3 is 0 Å². The Morgan fingerprint density at radius 3 is 2.32 bits per heavy atom. The Morgan fingerprint density at radius 1 is 1.03 bits per heavy atom. The number of amides is 1. The van der Waals surface area contributed by atoms with Crippen molar-refractivity contribution in [3.63, 3.8) is 0 Å². The average molecular weight is 502 g/mol. The average Bonchev–Trinajstić information content (AvgIpc) is 3.18. The van der Waals surface area contributed by atoms with Gasteiger partial charge in [-0.15, -0.1) is 0 Å². The molecule has 1 aromatic heterocycles. The minimum atomic E-state index is -3.72. The van der Waals surface area contributed by atoms with Gasteiger partial charge in [0.05, 0.1) is 30.6 Å². The summed E-state index contributed by atoms with van der Waals surface area (Å²) < 4.78 is 28.3. The number of carbonyl (C=O) groups excluding carboxylic acids is 1. The smallest absolute Gasteiger partial charge is 0.228 e. The standard InChI is InChI=1S/C26H32ClN3O3S/c1-19(2)16-29(25(31)14-21-9-6-5-7-10-21)17-24-15-28-26(30(24)20(3)4)34(32,33)18-22-11-8-12-23(27)13-22/h5-13,15,19-20H,14,16-18H2,1-4H3. The Kier molecular flexibility index (Phi) is 8.55. The van der Waals surface area contributed by atoms with Crippen molar-refractivity contribution >= 4 is 27.3 Å². The summed E-state index contributed by atoms with van der Waals surface area (Å²) in [6, 6.07) is 16.3. The summed E-state index contributed by atoms with van der Waals surface area (Å²) in [6.45, 7) is 8.82. The zero-order valence-electron chi connectivity index (χ0n) is 20.1. The summed E-state index contributed by atoms with van der Waals surface area (Å²) in [7, 11) is -3.72. The van der Waals surface area contributed by atoms with Crippen LogP contribution in [0.1, 0.15) is 50.6 Å². The van der Waals surface area contributed by atoms with Crippen molar-refractivity contribution in [1.29, 1.82) is 0 Å². The van der Waals surface area contributed by atoms with Gasteiger partial charge in [0.15, 0.2) is 0 Å². The minimum Gasteiger partial charge on any atom is -0.336 e. The molecule has 3 rings (SSSR count). The number of imidazole rings is 1. The van der Waals surface area contributed by atoms with E-state index in [-0.39, 0.29) is 28.8 Å². The number of hydrogen-bond donors (Lipinski definition) is 0. The van der Waals surface area contributed by atoms with E-state index >= 15 is 0 Å². The second-order valence-electron chi connectivity index (χ2n) is 9.22. The highest BCUT2D eigenvalue weighted by atomic mass is 35.5. The highest BCUT2D eigenvalue weighted by Gasteiger charge is 2.27. The zero-order valence-corrected chi connectivity index (χ0v) is 21.7. The van der Waals surface area contributed by atoms with Crippen LogP contribution >= 0.6 is 11.6 Å². The molecule has 0 N–H and O–H groups in total. The molecule has 0 aliphatic rings. The lowest BCUT2D eigenvalue weighted by Crippen LogP contribution is -2.35. The maximum Gasteiger partial charge on any atom is 0.228 e. The number of carbonyl (C=O) groups is 1. The molecule has 34 heavy (non-hydrogen) atoms. The van der Waals surface area contributed by atoms with E-state index in [1.165, 1.54) is 0 Å². The van der Waals surface area contributed by atoms with Gasteiger partial charge in [-0.2, -0.15) is 0 Å². The van der Waals surface area contributed by atoms with Gasteiger partial charge in [0.25, 0.3) is 0 Å². The molecule has 182 valence electrons. The molecular formula is C26H32ClN3O3S. The first kappa shape index (κ1) is 26.0. The summed E-state index contributed by atoms with van der Waals surface area (Å²) in [5.41, 5.74) is 2.25. The Bertz CT molecular complexity index is 1220. The van der Waals surface area contributed by atoms with Crippen LogP contribution in [0.4, 0.5) is 0 Å². The topological polar surface area (TPSA) is 72.3 Å². The normalized spacial score (nSPS) is 11.9. The van der Waals surface area contributed by atoms with Gasteiger partial charge in [-0.1, -0.05) is 67.9 Å². The number of rotatable bonds is 10. The van der Waals surface area contributed by atoms with Crippen molar-refractivity contribution in [2.24, 2.45) is 5.92 Å². The Balaban J connectivity index is 1.90. The largest absolute Gasteiger partial charge is 0.336 e. The highest BCUT2D eigenvalue weighted by Crippen LogP contribution is 2.24. The van der Waals surface area contributed by atoms with Crippen LogP contribution in [-0.2, 0) is 33.4 Å². The summed E-state index contributed by atoms with van der Waals surface area (Å²) >= 11 is 6.04. The summed E-state index contributed by atoms with van der Waals surface area (Å²) in [5.74, 6) is 0.0697. The first-order chi connectivity index (χ1) is 16.1. The van der Waals surface area contributed by atoms with Crippen LogP contribution in [-0.4, -0.2) is 35.3 Å². The molecule has 0 atom stereocenters. The van der Waals surface area contributed by atoms with E-state index in [9.17, 15) is 13.2 Å². The van der Waals surface area contributed by atoms with Crippen LogP contribution in [0.3, 0.4) is 0 Å². The van der Waals surface area contributed by atoms with Crippen LogP contribution in [0.2, 0.25) is 5.02 Å². The van der Waals surface area contributed by atoms with Crippen molar-refractivity contribution in [1.82, 2.24) is 14.5 Å². The SMILES string of the molecule is CC(C)CN(Cc1cnc(S(=O)(=O)Cc2cccc(Cl)c2)n1C(C)C)C(=O)Cc1ccccc1. The van der Waals surface area contributed by atoms with E-state index in [0.29, 0.717) is 35.8 Å². The molecule has 0 aliphatic carbocycles. The van der Waals surface area contributed by atoms with Crippen LogP contribution < -0.4 is 0 Å². The third-order valence-electron chi connectivity index (χ3n) is 5.37. The van der Waals surface area contributed by atoms with Crippen LogP contribution in [0.15, 0.2) is 66.0 Å². The molecule has 1 amide bonds. The molecule has 0 spiro atoms. The molecule has 0 bridgehead atoms. The van der Waals surface area contributed by atoms with E-state index in [2.05, 4.69) is 18.8 Å². The fourth-order valence-electron chi connectivity index (χ4n) is 3.96. The molecular weight excluding hydrogens is 470 g/mol. The van der Waals surface area contributed by atoms with Crippen molar-refractivity contribution in [3.8, 4) is 0 Å². The number of sulfone groups is 1. The molecule has 2 aromatic carbocycles. The Morgan fingerprint density at radius 2 is 1.71 bits per heavy atom. The predicted molar refractivity (Wildman–Crippen MR) is 135 cm³/mol. The number of nitrogens with zero attached hydrogens (tertiary/aromatic N) is 3.